The van der Waals surface area contributed by atoms with Crippen LogP contribution in [-0.2, 0) is 0 Å². The predicted molar refractivity (Wildman–Crippen MR) is 87.0 cm³/mol. The minimum absolute atomic E-state index is 0.114. The van der Waals surface area contributed by atoms with E-state index >= 15 is 0 Å². The van der Waals surface area contributed by atoms with Crippen molar-refractivity contribution in [3.05, 3.63) is 29.3 Å². The van der Waals surface area contributed by atoms with Gasteiger partial charge in [-0.2, -0.15) is 0 Å². The summed E-state index contributed by atoms with van der Waals surface area (Å²) in [4.78, 5) is 12.8. The first-order valence-corrected chi connectivity index (χ1v) is 8.21. The SMILES string of the molecule is COc1cc(C(=O)[C@@H](C)C2CCCC(C)CC2)ccc1C. The fraction of sp³-hybridized carbons (Fsp3) is 0.632. The van der Waals surface area contributed by atoms with Gasteiger partial charge in [0.05, 0.1) is 7.11 Å². The first-order valence-electron chi connectivity index (χ1n) is 8.21. The molecule has 1 aliphatic rings. The van der Waals surface area contributed by atoms with Crippen molar-refractivity contribution in [3.8, 4) is 5.75 Å². The van der Waals surface area contributed by atoms with Crippen LogP contribution in [0.3, 0.4) is 0 Å². The lowest BCUT2D eigenvalue weighted by Crippen LogP contribution is -2.21. The molecule has 2 nitrogen and oxygen atoms in total. The molecule has 1 fully saturated rings. The highest BCUT2D eigenvalue weighted by atomic mass is 16.5. The van der Waals surface area contributed by atoms with Crippen molar-refractivity contribution in [2.45, 2.75) is 52.9 Å². The van der Waals surface area contributed by atoms with Crippen molar-refractivity contribution in [2.75, 3.05) is 7.11 Å². The van der Waals surface area contributed by atoms with E-state index in [2.05, 4.69) is 13.8 Å². The standard InChI is InChI=1S/C19H28O2/c1-13-6-5-7-16(10-8-13)15(3)19(20)17-11-9-14(2)18(12-17)21-4/h9,11-13,15-16H,5-8,10H2,1-4H3/t13?,15-,16?/m0/s1. The maximum atomic E-state index is 12.8. The maximum absolute atomic E-state index is 12.8. The van der Waals surface area contributed by atoms with Crippen LogP contribution in [0, 0.1) is 24.7 Å². The highest BCUT2D eigenvalue weighted by Crippen LogP contribution is 2.33. The molecule has 1 saturated carbocycles. The van der Waals surface area contributed by atoms with Gasteiger partial charge in [-0.1, -0.05) is 45.2 Å². The van der Waals surface area contributed by atoms with Gasteiger partial charge in [-0.15, -0.1) is 0 Å². The Morgan fingerprint density at radius 2 is 2.00 bits per heavy atom. The molecule has 0 heterocycles. The number of carbonyl (C=O) groups excluding carboxylic acids is 1. The molecule has 0 aliphatic heterocycles. The van der Waals surface area contributed by atoms with Crippen LogP contribution >= 0.6 is 0 Å². The number of aryl methyl sites for hydroxylation is 1. The predicted octanol–water partition coefficient (Wildman–Crippen LogP) is 5.04. The average molecular weight is 288 g/mol. The Labute approximate surface area is 128 Å². The maximum Gasteiger partial charge on any atom is 0.166 e. The summed E-state index contributed by atoms with van der Waals surface area (Å²) in [5.41, 5.74) is 1.87. The monoisotopic (exact) mass is 288 g/mol. The number of hydrogen-bond acceptors (Lipinski definition) is 2. The van der Waals surface area contributed by atoms with E-state index in [1.54, 1.807) is 7.11 Å². The van der Waals surface area contributed by atoms with Crippen LogP contribution in [0.15, 0.2) is 18.2 Å². The van der Waals surface area contributed by atoms with Crippen molar-refractivity contribution in [2.24, 2.45) is 17.8 Å². The summed E-state index contributed by atoms with van der Waals surface area (Å²) in [6, 6.07) is 5.82. The Morgan fingerprint density at radius 1 is 1.24 bits per heavy atom. The molecule has 2 heteroatoms. The Kier molecular flexibility index (Phi) is 5.44. The minimum Gasteiger partial charge on any atom is -0.496 e. The zero-order valence-electron chi connectivity index (χ0n) is 13.8. The summed E-state index contributed by atoms with van der Waals surface area (Å²) >= 11 is 0. The molecular weight excluding hydrogens is 260 g/mol. The smallest absolute Gasteiger partial charge is 0.166 e. The molecule has 1 aromatic rings. The van der Waals surface area contributed by atoms with Gasteiger partial charge < -0.3 is 4.74 Å². The van der Waals surface area contributed by atoms with E-state index in [-0.39, 0.29) is 11.7 Å². The van der Waals surface area contributed by atoms with E-state index in [4.69, 9.17) is 4.74 Å². The third kappa shape index (κ3) is 3.87. The lowest BCUT2D eigenvalue weighted by Gasteiger charge is -2.21. The molecule has 1 aromatic carbocycles. The van der Waals surface area contributed by atoms with Crippen LogP contribution in [0.2, 0.25) is 0 Å². The number of carbonyl (C=O) groups is 1. The number of hydrogen-bond donors (Lipinski definition) is 0. The van der Waals surface area contributed by atoms with Gasteiger partial charge in [-0.3, -0.25) is 4.79 Å². The molecule has 0 saturated heterocycles. The van der Waals surface area contributed by atoms with Gasteiger partial charge in [0, 0.05) is 11.5 Å². The van der Waals surface area contributed by atoms with Crippen molar-refractivity contribution in [1.29, 1.82) is 0 Å². The quantitative estimate of drug-likeness (QED) is 0.573. The summed E-state index contributed by atoms with van der Waals surface area (Å²) in [6.45, 7) is 6.44. The van der Waals surface area contributed by atoms with Crippen LogP contribution in [-0.4, -0.2) is 12.9 Å². The zero-order chi connectivity index (χ0) is 15.4. The number of ketones is 1. The Hall–Kier alpha value is -1.31. The first kappa shape index (κ1) is 16.1. The van der Waals surface area contributed by atoms with Gasteiger partial charge in [0.1, 0.15) is 5.75 Å². The molecule has 116 valence electrons. The molecule has 0 radical (unpaired) electrons. The highest BCUT2D eigenvalue weighted by molar-refractivity contribution is 5.98. The zero-order valence-corrected chi connectivity index (χ0v) is 13.8. The molecule has 0 spiro atoms. The first-order chi connectivity index (χ1) is 10.0. The van der Waals surface area contributed by atoms with Gasteiger partial charge in [0.25, 0.3) is 0 Å². The molecular formula is C19H28O2. The summed E-state index contributed by atoms with van der Waals surface area (Å²) in [5.74, 6) is 2.55. The molecule has 0 aromatic heterocycles. The lowest BCUT2D eigenvalue weighted by molar-refractivity contribution is 0.0877. The second kappa shape index (κ2) is 7.11. The van der Waals surface area contributed by atoms with Crippen LogP contribution in [0.25, 0.3) is 0 Å². The second-order valence-electron chi connectivity index (χ2n) is 6.71. The van der Waals surface area contributed by atoms with E-state index in [0.717, 1.165) is 22.8 Å². The topological polar surface area (TPSA) is 26.3 Å². The number of Topliss-reactive ketones (excluding diaryl/α,β-unsaturated/α-hetero) is 1. The summed E-state index contributed by atoms with van der Waals surface area (Å²) in [6.07, 6.45) is 6.23. The summed E-state index contributed by atoms with van der Waals surface area (Å²) in [5, 5.41) is 0. The van der Waals surface area contributed by atoms with E-state index < -0.39 is 0 Å². The molecule has 2 unspecified atom stereocenters. The second-order valence-corrected chi connectivity index (χ2v) is 6.71. The Morgan fingerprint density at radius 3 is 2.71 bits per heavy atom. The third-order valence-corrected chi connectivity index (χ3v) is 5.12. The Bertz CT molecular complexity index is 492. The average Bonchev–Trinajstić information content (AvgIpc) is 2.71. The van der Waals surface area contributed by atoms with Crippen molar-refractivity contribution in [3.63, 3.8) is 0 Å². The van der Waals surface area contributed by atoms with E-state index in [0.29, 0.717) is 5.92 Å². The largest absolute Gasteiger partial charge is 0.496 e. The van der Waals surface area contributed by atoms with Crippen molar-refractivity contribution >= 4 is 5.78 Å². The van der Waals surface area contributed by atoms with Gasteiger partial charge in [-0.25, -0.2) is 0 Å². The Balaban J connectivity index is 2.11. The van der Waals surface area contributed by atoms with Crippen molar-refractivity contribution in [1.82, 2.24) is 0 Å². The molecule has 0 bridgehead atoms. The van der Waals surface area contributed by atoms with Crippen LogP contribution in [0.5, 0.6) is 5.75 Å². The molecule has 2 rings (SSSR count). The summed E-state index contributed by atoms with van der Waals surface area (Å²) < 4.78 is 5.34. The number of rotatable bonds is 4. The van der Waals surface area contributed by atoms with Crippen LogP contribution in [0.1, 0.15) is 61.9 Å². The van der Waals surface area contributed by atoms with Gasteiger partial charge in [0.15, 0.2) is 5.78 Å². The number of methoxy groups -OCH3 is 1. The number of ether oxygens (including phenoxy) is 1. The fourth-order valence-electron chi connectivity index (χ4n) is 3.47. The summed E-state index contributed by atoms with van der Waals surface area (Å²) in [7, 11) is 1.66. The molecule has 21 heavy (non-hydrogen) atoms. The van der Waals surface area contributed by atoms with Gasteiger partial charge in [0.2, 0.25) is 0 Å². The van der Waals surface area contributed by atoms with Crippen molar-refractivity contribution < 1.29 is 9.53 Å². The molecule has 3 atom stereocenters. The molecule has 0 N–H and O–H groups in total. The van der Waals surface area contributed by atoms with E-state index in [1.165, 1.54) is 32.1 Å². The minimum atomic E-state index is 0.114. The normalized spacial score (nSPS) is 24.2. The van der Waals surface area contributed by atoms with Crippen LogP contribution in [0.4, 0.5) is 0 Å². The third-order valence-electron chi connectivity index (χ3n) is 5.12. The highest BCUT2D eigenvalue weighted by Gasteiger charge is 2.27. The fourth-order valence-corrected chi connectivity index (χ4v) is 3.47. The van der Waals surface area contributed by atoms with E-state index in [9.17, 15) is 4.79 Å². The van der Waals surface area contributed by atoms with Gasteiger partial charge in [-0.05, 0) is 43.2 Å². The molecule has 0 amide bonds. The van der Waals surface area contributed by atoms with E-state index in [1.807, 2.05) is 25.1 Å². The van der Waals surface area contributed by atoms with Crippen LogP contribution < -0.4 is 4.74 Å². The lowest BCUT2D eigenvalue weighted by atomic mass is 9.82. The molecule has 1 aliphatic carbocycles. The number of benzene rings is 1. The van der Waals surface area contributed by atoms with Gasteiger partial charge >= 0.3 is 0 Å².